The summed E-state index contributed by atoms with van der Waals surface area (Å²) in [6.07, 6.45) is 3.32. The van der Waals surface area contributed by atoms with Crippen LogP contribution in [0, 0.1) is 0 Å². The van der Waals surface area contributed by atoms with E-state index in [4.69, 9.17) is 19.3 Å². The molecule has 0 aliphatic carbocycles. The standard InChI is InChI=1S/C34H36N4O5/c1-3-4-9-29-28(33(39)38(31(35-29)17-18-41-2)25-14-15-30-24(21-25)16-19-42-30)20-22-10-12-23(13-11-22)26-7-5-6-8-27(26)32-36-34(40)43-37-32/h5-8,10-15,21,34,40H,3-4,9,16-20H2,1-2H3,(H,36,37). The number of hydrogen-bond acceptors (Lipinski definition) is 8. The van der Waals surface area contributed by atoms with Crippen molar-refractivity contribution in [3.63, 3.8) is 0 Å². The van der Waals surface area contributed by atoms with E-state index in [0.29, 0.717) is 37.7 Å². The molecule has 2 aliphatic rings. The third-order valence-electron chi connectivity index (χ3n) is 7.89. The van der Waals surface area contributed by atoms with Gasteiger partial charge in [0.15, 0.2) is 5.84 Å². The number of nitrogens with zero attached hydrogens (tertiary/aromatic N) is 3. The van der Waals surface area contributed by atoms with Crippen molar-refractivity contribution in [2.75, 3.05) is 20.3 Å². The Hall–Kier alpha value is -4.31. The molecule has 2 aliphatic heterocycles. The summed E-state index contributed by atoms with van der Waals surface area (Å²) in [5.41, 5.74) is 9.93. The second kappa shape index (κ2) is 12.9. The lowest BCUT2D eigenvalue weighted by molar-refractivity contribution is -0.102. The lowest BCUT2D eigenvalue weighted by Crippen LogP contribution is -2.30. The molecule has 0 saturated heterocycles. The molecule has 6 rings (SSSR count). The molecular formula is C34H36N4O5. The highest BCUT2D eigenvalue weighted by Crippen LogP contribution is 2.29. The van der Waals surface area contributed by atoms with Crippen molar-refractivity contribution in [1.29, 1.82) is 0 Å². The smallest absolute Gasteiger partial charge is 0.280 e. The molecule has 1 atom stereocenters. The van der Waals surface area contributed by atoms with E-state index >= 15 is 0 Å². The number of nitrogens with one attached hydrogen (secondary N) is 1. The first-order chi connectivity index (χ1) is 21.1. The van der Waals surface area contributed by atoms with Gasteiger partial charge >= 0.3 is 0 Å². The summed E-state index contributed by atoms with van der Waals surface area (Å²) in [4.78, 5) is 28.6. The molecule has 4 aromatic rings. The Bertz CT molecular complexity index is 1700. The fourth-order valence-corrected chi connectivity index (χ4v) is 5.66. The van der Waals surface area contributed by atoms with Crippen molar-refractivity contribution in [1.82, 2.24) is 15.0 Å². The number of hydrogen-bond donors (Lipinski definition) is 2. The minimum Gasteiger partial charge on any atom is -0.493 e. The molecule has 0 radical (unpaired) electrons. The summed E-state index contributed by atoms with van der Waals surface area (Å²) in [5.74, 6) is 2.07. The van der Waals surface area contributed by atoms with Gasteiger partial charge in [-0.3, -0.25) is 9.36 Å². The van der Waals surface area contributed by atoms with Crippen LogP contribution in [0.5, 0.6) is 5.75 Å². The van der Waals surface area contributed by atoms with Crippen LogP contribution in [-0.2, 0) is 35.3 Å². The molecular weight excluding hydrogens is 544 g/mol. The highest BCUT2D eigenvalue weighted by atomic mass is 16.7. The first-order valence-electron chi connectivity index (χ1n) is 14.8. The van der Waals surface area contributed by atoms with Crippen molar-refractivity contribution < 1.29 is 19.4 Å². The Kier molecular flexibility index (Phi) is 8.64. The molecule has 3 aromatic carbocycles. The van der Waals surface area contributed by atoms with E-state index in [1.165, 1.54) is 0 Å². The highest BCUT2D eigenvalue weighted by Gasteiger charge is 2.22. The zero-order valence-electron chi connectivity index (χ0n) is 24.5. The van der Waals surface area contributed by atoms with Gasteiger partial charge in [0.25, 0.3) is 12.0 Å². The third kappa shape index (κ3) is 6.10. The fraction of sp³-hybridized carbons (Fsp3) is 0.324. The third-order valence-corrected chi connectivity index (χ3v) is 7.89. The second-order valence-corrected chi connectivity index (χ2v) is 10.8. The number of benzene rings is 3. The fourth-order valence-electron chi connectivity index (χ4n) is 5.66. The van der Waals surface area contributed by atoms with Gasteiger partial charge in [0.1, 0.15) is 11.6 Å². The molecule has 2 N–H and O–H groups in total. The van der Waals surface area contributed by atoms with E-state index in [0.717, 1.165) is 76.2 Å². The van der Waals surface area contributed by atoms with E-state index in [2.05, 4.69) is 35.6 Å². The van der Waals surface area contributed by atoms with Crippen LogP contribution in [0.2, 0.25) is 0 Å². The van der Waals surface area contributed by atoms with Gasteiger partial charge in [0.05, 0.1) is 24.6 Å². The van der Waals surface area contributed by atoms with Crippen LogP contribution in [0.1, 0.15) is 53.5 Å². The van der Waals surface area contributed by atoms with Crippen molar-refractivity contribution >= 4 is 5.84 Å². The molecule has 222 valence electrons. The minimum atomic E-state index is -1.23. The first-order valence-corrected chi connectivity index (χ1v) is 14.8. The molecule has 1 aromatic heterocycles. The number of aryl methyl sites for hydroxylation is 1. The Balaban J connectivity index is 1.38. The Morgan fingerprint density at radius 1 is 1.07 bits per heavy atom. The molecule has 0 fully saturated rings. The molecule has 9 nitrogen and oxygen atoms in total. The van der Waals surface area contributed by atoms with Gasteiger partial charge in [-0.15, -0.1) is 0 Å². The maximum absolute atomic E-state index is 14.3. The van der Waals surface area contributed by atoms with E-state index < -0.39 is 6.41 Å². The quantitative estimate of drug-likeness (QED) is 0.269. The summed E-state index contributed by atoms with van der Waals surface area (Å²) in [5, 5.41) is 9.67. The summed E-state index contributed by atoms with van der Waals surface area (Å²) in [6, 6.07) is 22.0. The van der Waals surface area contributed by atoms with Gasteiger partial charge in [0.2, 0.25) is 0 Å². The molecule has 0 bridgehead atoms. The summed E-state index contributed by atoms with van der Waals surface area (Å²) < 4.78 is 12.9. The number of aliphatic hydroxyl groups is 1. The van der Waals surface area contributed by atoms with E-state index in [9.17, 15) is 9.90 Å². The minimum absolute atomic E-state index is 0.0376. The van der Waals surface area contributed by atoms with Crippen molar-refractivity contribution in [2.45, 2.75) is 51.9 Å². The van der Waals surface area contributed by atoms with Gasteiger partial charge in [-0.25, -0.2) is 20.3 Å². The van der Waals surface area contributed by atoms with Crippen molar-refractivity contribution in [3.05, 3.63) is 111 Å². The number of methoxy groups -OCH3 is 1. The molecule has 0 spiro atoms. The van der Waals surface area contributed by atoms with Crippen LogP contribution in [0.25, 0.3) is 16.8 Å². The molecule has 43 heavy (non-hydrogen) atoms. The predicted molar refractivity (Wildman–Crippen MR) is 165 cm³/mol. The lowest BCUT2D eigenvalue weighted by atomic mass is 9.96. The number of ether oxygens (including phenoxy) is 2. The van der Waals surface area contributed by atoms with Crippen LogP contribution < -0.4 is 15.8 Å². The average molecular weight is 581 g/mol. The summed E-state index contributed by atoms with van der Waals surface area (Å²) >= 11 is 0. The van der Waals surface area contributed by atoms with Crippen LogP contribution in [0.15, 0.2) is 76.5 Å². The number of fused-ring (bicyclic) bond motifs is 1. The summed E-state index contributed by atoms with van der Waals surface area (Å²) in [6.45, 7) is 3.28. The molecule has 1 unspecified atom stereocenters. The van der Waals surface area contributed by atoms with Crippen LogP contribution >= 0.6 is 0 Å². The number of aromatic nitrogens is 2. The number of unbranched alkanes of at least 4 members (excludes halogenated alkanes) is 1. The van der Waals surface area contributed by atoms with E-state index in [-0.39, 0.29) is 5.56 Å². The molecule has 0 amide bonds. The Labute approximate surface area is 250 Å². The van der Waals surface area contributed by atoms with Crippen LogP contribution in [0.4, 0.5) is 0 Å². The Morgan fingerprint density at radius 3 is 2.63 bits per heavy atom. The van der Waals surface area contributed by atoms with Crippen molar-refractivity contribution in [2.24, 2.45) is 4.99 Å². The van der Waals surface area contributed by atoms with Gasteiger partial charge in [-0.05, 0) is 53.3 Å². The number of amidine groups is 1. The number of aliphatic imine (C=N–C) groups is 1. The second-order valence-electron chi connectivity index (χ2n) is 10.8. The Morgan fingerprint density at radius 2 is 1.88 bits per heavy atom. The maximum Gasteiger partial charge on any atom is 0.280 e. The molecule has 9 heteroatoms. The molecule has 3 heterocycles. The summed E-state index contributed by atoms with van der Waals surface area (Å²) in [7, 11) is 1.67. The number of hydroxylamine groups is 1. The zero-order valence-corrected chi connectivity index (χ0v) is 24.5. The SMILES string of the molecule is CCCCc1nc(CCOC)n(-c2ccc3c(c2)CCO3)c(=O)c1Cc1ccc(-c2ccccc2C2=NC(O)ON2)cc1. The predicted octanol–water partition coefficient (Wildman–Crippen LogP) is 4.51. The van der Waals surface area contributed by atoms with Crippen LogP contribution in [0.3, 0.4) is 0 Å². The topological polar surface area (TPSA) is 107 Å². The number of aliphatic hydroxyl groups excluding tert-OH is 1. The monoisotopic (exact) mass is 580 g/mol. The average Bonchev–Trinajstić information content (AvgIpc) is 3.69. The van der Waals surface area contributed by atoms with Gasteiger partial charge in [-0.1, -0.05) is 61.9 Å². The van der Waals surface area contributed by atoms with Crippen LogP contribution in [-0.4, -0.2) is 47.2 Å². The lowest BCUT2D eigenvalue weighted by Gasteiger charge is -2.18. The first kappa shape index (κ1) is 28.8. The normalized spacial score (nSPS) is 15.6. The van der Waals surface area contributed by atoms with Gasteiger partial charge in [0, 0.05) is 37.5 Å². The number of rotatable bonds is 11. The van der Waals surface area contributed by atoms with E-state index in [1.807, 2.05) is 48.5 Å². The van der Waals surface area contributed by atoms with Crippen molar-refractivity contribution in [3.8, 4) is 22.6 Å². The largest absolute Gasteiger partial charge is 0.493 e. The highest BCUT2D eigenvalue weighted by molar-refractivity contribution is 6.04. The van der Waals surface area contributed by atoms with Gasteiger partial charge < -0.3 is 14.6 Å². The molecule has 0 saturated carbocycles. The van der Waals surface area contributed by atoms with E-state index in [1.54, 1.807) is 11.7 Å². The van der Waals surface area contributed by atoms with Gasteiger partial charge in [-0.2, -0.15) is 0 Å². The maximum atomic E-state index is 14.3. The zero-order chi connectivity index (χ0) is 29.8.